The zero-order valence-corrected chi connectivity index (χ0v) is 11.2. The van der Waals surface area contributed by atoms with Crippen LogP contribution in [0.5, 0.6) is 0 Å². The zero-order valence-electron chi connectivity index (χ0n) is 10.4. The number of hydrogen-bond acceptors (Lipinski definition) is 5. The lowest BCUT2D eigenvalue weighted by Gasteiger charge is -2.20. The third-order valence-corrected chi connectivity index (χ3v) is 4.46. The summed E-state index contributed by atoms with van der Waals surface area (Å²) in [6.45, 7) is 4.12. The Hall–Kier alpha value is -1.33. The first-order valence-corrected chi connectivity index (χ1v) is 7.01. The molecule has 1 fully saturated rings. The van der Waals surface area contributed by atoms with Crippen molar-refractivity contribution in [1.82, 2.24) is 4.98 Å². The molecule has 2 aromatic rings. The molecule has 1 atom stereocenters. The van der Waals surface area contributed by atoms with Crippen molar-refractivity contribution in [3.8, 4) is 0 Å². The van der Waals surface area contributed by atoms with E-state index in [1.54, 1.807) is 11.3 Å². The number of aromatic nitrogens is 1. The molecule has 96 valence electrons. The quantitative estimate of drug-likeness (QED) is 0.814. The molecule has 1 aromatic carbocycles. The van der Waals surface area contributed by atoms with Gasteiger partial charge in [-0.3, -0.25) is 0 Å². The standard InChI is InChI=1S/C13H17N3OS/c1-8-15-11-5-12(10(14)4-13(11)18-8)16-3-2-9(6-16)7-17/h4-5,9,17H,2-3,6-7,14H2,1H3. The molecule has 0 amide bonds. The fraction of sp³-hybridized carbons (Fsp3) is 0.462. The molecule has 1 saturated heterocycles. The molecule has 5 heteroatoms. The molecule has 0 radical (unpaired) electrons. The smallest absolute Gasteiger partial charge is 0.0907 e. The monoisotopic (exact) mass is 263 g/mol. The van der Waals surface area contributed by atoms with Gasteiger partial charge in [0.25, 0.3) is 0 Å². The molecule has 1 aromatic heterocycles. The van der Waals surface area contributed by atoms with Gasteiger partial charge in [0.1, 0.15) is 0 Å². The van der Waals surface area contributed by atoms with Gasteiger partial charge in [0.15, 0.2) is 0 Å². The number of rotatable bonds is 2. The van der Waals surface area contributed by atoms with Gasteiger partial charge in [-0.15, -0.1) is 11.3 Å². The van der Waals surface area contributed by atoms with Crippen LogP contribution in [-0.2, 0) is 0 Å². The van der Waals surface area contributed by atoms with Crippen LogP contribution in [0.25, 0.3) is 10.2 Å². The highest BCUT2D eigenvalue weighted by Gasteiger charge is 2.23. The van der Waals surface area contributed by atoms with Crippen molar-refractivity contribution >= 4 is 32.9 Å². The molecule has 1 unspecified atom stereocenters. The van der Waals surface area contributed by atoms with E-state index in [9.17, 15) is 5.11 Å². The van der Waals surface area contributed by atoms with E-state index in [2.05, 4.69) is 16.0 Å². The first-order valence-electron chi connectivity index (χ1n) is 6.20. The van der Waals surface area contributed by atoms with Gasteiger partial charge in [0, 0.05) is 25.6 Å². The molecule has 1 aliphatic rings. The van der Waals surface area contributed by atoms with Crippen molar-refractivity contribution in [3.63, 3.8) is 0 Å². The van der Waals surface area contributed by atoms with Crippen LogP contribution < -0.4 is 10.6 Å². The lowest BCUT2D eigenvalue weighted by molar-refractivity contribution is 0.238. The van der Waals surface area contributed by atoms with E-state index in [0.29, 0.717) is 5.92 Å². The van der Waals surface area contributed by atoms with E-state index in [1.807, 2.05) is 13.0 Å². The summed E-state index contributed by atoms with van der Waals surface area (Å²) in [5.41, 5.74) is 9.03. The highest BCUT2D eigenvalue weighted by Crippen LogP contribution is 2.34. The normalized spacial score (nSPS) is 19.9. The maximum Gasteiger partial charge on any atom is 0.0907 e. The van der Waals surface area contributed by atoms with Gasteiger partial charge >= 0.3 is 0 Å². The highest BCUT2D eigenvalue weighted by atomic mass is 32.1. The van der Waals surface area contributed by atoms with E-state index in [1.165, 1.54) is 0 Å². The Kier molecular flexibility index (Phi) is 2.87. The van der Waals surface area contributed by atoms with Crippen molar-refractivity contribution in [2.75, 3.05) is 30.3 Å². The summed E-state index contributed by atoms with van der Waals surface area (Å²) in [5, 5.41) is 10.3. The Balaban J connectivity index is 1.98. The Morgan fingerprint density at radius 3 is 3.11 bits per heavy atom. The number of nitrogens with zero attached hydrogens (tertiary/aromatic N) is 2. The van der Waals surface area contributed by atoms with E-state index in [0.717, 1.165) is 46.1 Å². The van der Waals surface area contributed by atoms with Gasteiger partial charge in [-0.25, -0.2) is 4.98 Å². The van der Waals surface area contributed by atoms with Gasteiger partial charge in [0.05, 0.1) is 26.6 Å². The molecule has 0 bridgehead atoms. The summed E-state index contributed by atoms with van der Waals surface area (Å²) in [6.07, 6.45) is 1.03. The van der Waals surface area contributed by atoms with Crippen LogP contribution in [0.4, 0.5) is 11.4 Å². The van der Waals surface area contributed by atoms with Crippen molar-refractivity contribution in [1.29, 1.82) is 0 Å². The first kappa shape index (κ1) is 11.7. The topological polar surface area (TPSA) is 62.4 Å². The summed E-state index contributed by atoms with van der Waals surface area (Å²) >= 11 is 1.67. The van der Waals surface area contributed by atoms with E-state index in [4.69, 9.17) is 5.73 Å². The van der Waals surface area contributed by atoms with Crippen LogP contribution in [0, 0.1) is 12.8 Å². The van der Waals surface area contributed by atoms with Gasteiger partial charge in [-0.05, 0) is 25.5 Å². The van der Waals surface area contributed by atoms with Gasteiger partial charge in [-0.1, -0.05) is 0 Å². The average Bonchev–Trinajstić information content (AvgIpc) is 2.92. The molecular formula is C13H17N3OS. The largest absolute Gasteiger partial charge is 0.397 e. The number of fused-ring (bicyclic) bond motifs is 1. The molecule has 3 rings (SSSR count). The second-order valence-corrected chi connectivity index (χ2v) is 6.13. The fourth-order valence-corrected chi connectivity index (χ4v) is 3.43. The number of benzene rings is 1. The fourth-order valence-electron chi connectivity index (χ4n) is 2.57. The summed E-state index contributed by atoms with van der Waals surface area (Å²) in [5.74, 6) is 0.372. The molecule has 1 aliphatic heterocycles. The van der Waals surface area contributed by atoms with Crippen molar-refractivity contribution in [3.05, 3.63) is 17.1 Å². The number of aliphatic hydroxyl groups excluding tert-OH is 1. The number of aliphatic hydroxyl groups is 1. The number of nitrogen functional groups attached to an aromatic ring is 1. The third-order valence-electron chi connectivity index (χ3n) is 3.53. The van der Waals surface area contributed by atoms with Crippen molar-refractivity contribution < 1.29 is 5.11 Å². The molecule has 0 saturated carbocycles. The number of nitrogens with two attached hydrogens (primary N) is 1. The summed E-state index contributed by atoms with van der Waals surface area (Å²) < 4.78 is 1.15. The number of hydrogen-bond donors (Lipinski definition) is 2. The minimum absolute atomic E-state index is 0.258. The summed E-state index contributed by atoms with van der Waals surface area (Å²) in [7, 11) is 0. The molecule has 4 nitrogen and oxygen atoms in total. The Labute approximate surface area is 110 Å². The lowest BCUT2D eigenvalue weighted by Crippen LogP contribution is -2.21. The molecular weight excluding hydrogens is 246 g/mol. The van der Waals surface area contributed by atoms with Crippen LogP contribution in [0.1, 0.15) is 11.4 Å². The molecule has 2 heterocycles. The van der Waals surface area contributed by atoms with Gasteiger partial charge in [-0.2, -0.15) is 0 Å². The molecule has 0 spiro atoms. The predicted octanol–water partition coefficient (Wildman–Crippen LogP) is 2.01. The van der Waals surface area contributed by atoms with Crippen molar-refractivity contribution in [2.24, 2.45) is 5.92 Å². The average molecular weight is 263 g/mol. The number of anilines is 2. The second kappa shape index (κ2) is 4.40. The van der Waals surface area contributed by atoms with Crippen molar-refractivity contribution in [2.45, 2.75) is 13.3 Å². The summed E-state index contributed by atoms with van der Waals surface area (Å²) in [6, 6.07) is 4.09. The Morgan fingerprint density at radius 1 is 1.56 bits per heavy atom. The van der Waals surface area contributed by atoms with Gasteiger partial charge in [0.2, 0.25) is 0 Å². The van der Waals surface area contributed by atoms with Crippen LogP contribution in [0.3, 0.4) is 0 Å². The minimum atomic E-state index is 0.258. The maximum absolute atomic E-state index is 9.21. The van der Waals surface area contributed by atoms with Crippen LogP contribution in [0.2, 0.25) is 0 Å². The van der Waals surface area contributed by atoms with Crippen LogP contribution in [-0.4, -0.2) is 29.8 Å². The summed E-state index contributed by atoms with van der Waals surface area (Å²) in [4.78, 5) is 6.77. The van der Waals surface area contributed by atoms with Crippen LogP contribution in [0.15, 0.2) is 12.1 Å². The maximum atomic E-state index is 9.21. The van der Waals surface area contributed by atoms with Gasteiger partial charge < -0.3 is 15.7 Å². The second-order valence-electron chi connectivity index (χ2n) is 4.89. The Morgan fingerprint density at radius 2 is 2.39 bits per heavy atom. The zero-order chi connectivity index (χ0) is 12.7. The van der Waals surface area contributed by atoms with E-state index >= 15 is 0 Å². The SMILES string of the molecule is Cc1nc2cc(N3CCC(CO)C3)c(N)cc2s1. The number of thiazole rings is 1. The molecule has 3 N–H and O–H groups in total. The van der Waals surface area contributed by atoms with E-state index in [-0.39, 0.29) is 6.61 Å². The Bertz CT molecular complexity index is 581. The number of aryl methyl sites for hydroxylation is 1. The van der Waals surface area contributed by atoms with E-state index < -0.39 is 0 Å². The molecule has 0 aliphatic carbocycles. The molecule has 18 heavy (non-hydrogen) atoms. The van der Waals surface area contributed by atoms with Crippen LogP contribution >= 0.6 is 11.3 Å². The highest BCUT2D eigenvalue weighted by molar-refractivity contribution is 7.18. The first-order chi connectivity index (χ1) is 8.67. The lowest BCUT2D eigenvalue weighted by atomic mass is 10.1. The predicted molar refractivity (Wildman–Crippen MR) is 76.2 cm³/mol. The third kappa shape index (κ3) is 1.93. The minimum Gasteiger partial charge on any atom is -0.397 e.